The van der Waals surface area contributed by atoms with Gasteiger partial charge in [0.1, 0.15) is 6.54 Å². The van der Waals surface area contributed by atoms with Crippen molar-refractivity contribution in [1.29, 1.82) is 0 Å². The molecule has 0 heterocycles. The number of carboxylic acids is 1. The number of hydrogen-bond acceptors (Lipinski definition) is 3. The van der Waals surface area contributed by atoms with Crippen molar-refractivity contribution in [2.75, 3.05) is 19.6 Å². The summed E-state index contributed by atoms with van der Waals surface area (Å²) in [5.74, 6) is -0.926. The number of carbonyl (C=O) groups excluding carboxylic acids is 1. The van der Waals surface area contributed by atoms with E-state index in [0.29, 0.717) is 19.5 Å². The number of nitrogens with zero attached hydrogens (tertiary/aromatic N) is 1. The first kappa shape index (κ1) is 14.9. The van der Waals surface area contributed by atoms with Crippen LogP contribution in [0.1, 0.15) is 33.1 Å². The second-order valence-corrected chi connectivity index (χ2v) is 3.92. The summed E-state index contributed by atoms with van der Waals surface area (Å²) >= 11 is 0. The van der Waals surface area contributed by atoms with Crippen molar-refractivity contribution in [3.63, 3.8) is 0 Å². The predicted molar refractivity (Wildman–Crippen MR) is 62.0 cm³/mol. The highest BCUT2D eigenvalue weighted by atomic mass is 16.4. The van der Waals surface area contributed by atoms with Gasteiger partial charge in [0.2, 0.25) is 5.91 Å². The van der Waals surface area contributed by atoms with Gasteiger partial charge in [0.05, 0.1) is 0 Å². The molecular formula is C11H22N2O3. The van der Waals surface area contributed by atoms with Gasteiger partial charge in [-0.05, 0) is 18.9 Å². The molecule has 0 saturated heterocycles. The maximum absolute atomic E-state index is 11.8. The van der Waals surface area contributed by atoms with Crippen LogP contribution in [0, 0.1) is 5.92 Å². The molecule has 94 valence electrons. The van der Waals surface area contributed by atoms with Crippen LogP contribution in [0.4, 0.5) is 0 Å². The molecule has 1 unspecified atom stereocenters. The van der Waals surface area contributed by atoms with Crippen molar-refractivity contribution in [3.8, 4) is 0 Å². The fourth-order valence-electron chi connectivity index (χ4n) is 1.50. The lowest BCUT2D eigenvalue weighted by Gasteiger charge is -2.22. The Labute approximate surface area is 96.6 Å². The van der Waals surface area contributed by atoms with Crippen LogP contribution >= 0.6 is 0 Å². The van der Waals surface area contributed by atoms with E-state index in [4.69, 9.17) is 10.8 Å². The molecule has 0 bridgehead atoms. The Morgan fingerprint density at radius 2 is 2.00 bits per heavy atom. The third-order valence-electron chi connectivity index (χ3n) is 2.55. The molecule has 0 aliphatic rings. The summed E-state index contributed by atoms with van der Waals surface area (Å²) in [5, 5.41) is 8.69. The number of carboxylic acid groups (broad SMARTS) is 1. The Kier molecular flexibility index (Phi) is 7.54. The molecule has 0 saturated carbocycles. The SMILES string of the molecule is CCCN(CC(=O)O)C(=O)CC(CC)CN. The van der Waals surface area contributed by atoms with Gasteiger partial charge in [-0.25, -0.2) is 0 Å². The summed E-state index contributed by atoms with van der Waals surface area (Å²) in [5.41, 5.74) is 5.52. The highest BCUT2D eigenvalue weighted by molar-refractivity contribution is 5.81. The number of aliphatic carboxylic acids is 1. The summed E-state index contributed by atoms with van der Waals surface area (Å²) in [4.78, 5) is 23.8. The van der Waals surface area contributed by atoms with E-state index in [1.807, 2.05) is 13.8 Å². The first-order chi connectivity index (χ1) is 7.54. The minimum Gasteiger partial charge on any atom is -0.480 e. The van der Waals surface area contributed by atoms with E-state index in [9.17, 15) is 9.59 Å². The molecule has 5 heteroatoms. The summed E-state index contributed by atoms with van der Waals surface area (Å²) < 4.78 is 0. The lowest BCUT2D eigenvalue weighted by Crippen LogP contribution is -2.37. The van der Waals surface area contributed by atoms with Gasteiger partial charge in [-0.1, -0.05) is 20.3 Å². The van der Waals surface area contributed by atoms with Crippen molar-refractivity contribution in [1.82, 2.24) is 4.90 Å². The molecule has 0 spiro atoms. The summed E-state index contributed by atoms with van der Waals surface area (Å²) in [6, 6.07) is 0. The summed E-state index contributed by atoms with van der Waals surface area (Å²) in [7, 11) is 0. The molecule has 0 aromatic carbocycles. The average molecular weight is 230 g/mol. The molecule has 0 aromatic rings. The van der Waals surface area contributed by atoms with Crippen molar-refractivity contribution < 1.29 is 14.7 Å². The molecule has 5 nitrogen and oxygen atoms in total. The number of nitrogens with two attached hydrogens (primary N) is 1. The van der Waals surface area contributed by atoms with Crippen LogP contribution in [-0.4, -0.2) is 41.5 Å². The van der Waals surface area contributed by atoms with Gasteiger partial charge in [0.15, 0.2) is 0 Å². The van der Waals surface area contributed by atoms with Crippen molar-refractivity contribution in [3.05, 3.63) is 0 Å². The third-order valence-corrected chi connectivity index (χ3v) is 2.55. The fraction of sp³-hybridized carbons (Fsp3) is 0.818. The van der Waals surface area contributed by atoms with Gasteiger partial charge in [0.25, 0.3) is 0 Å². The van der Waals surface area contributed by atoms with Crippen LogP contribution in [-0.2, 0) is 9.59 Å². The van der Waals surface area contributed by atoms with Crippen molar-refractivity contribution in [2.24, 2.45) is 11.7 Å². The van der Waals surface area contributed by atoms with Crippen LogP contribution in [0.25, 0.3) is 0 Å². The standard InChI is InChI=1S/C11H22N2O3/c1-3-5-13(8-11(15)16)10(14)6-9(4-2)7-12/h9H,3-8,12H2,1-2H3,(H,15,16). The molecule has 16 heavy (non-hydrogen) atoms. The van der Waals surface area contributed by atoms with Crippen LogP contribution in [0.2, 0.25) is 0 Å². The van der Waals surface area contributed by atoms with E-state index < -0.39 is 5.97 Å². The zero-order valence-electron chi connectivity index (χ0n) is 10.1. The average Bonchev–Trinajstić information content (AvgIpc) is 2.24. The Bertz CT molecular complexity index is 227. The van der Waals surface area contributed by atoms with Gasteiger partial charge in [-0.2, -0.15) is 0 Å². The maximum atomic E-state index is 11.8. The van der Waals surface area contributed by atoms with Gasteiger partial charge >= 0.3 is 5.97 Å². The van der Waals surface area contributed by atoms with Crippen LogP contribution in [0.5, 0.6) is 0 Å². The Hall–Kier alpha value is -1.10. The first-order valence-electron chi connectivity index (χ1n) is 5.74. The highest BCUT2D eigenvalue weighted by Crippen LogP contribution is 2.09. The van der Waals surface area contributed by atoms with Crippen LogP contribution in [0.3, 0.4) is 0 Å². The molecular weight excluding hydrogens is 208 g/mol. The quantitative estimate of drug-likeness (QED) is 0.642. The predicted octanol–water partition coefficient (Wildman–Crippen LogP) is 0.685. The van der Waals surface area contributed by atoms with Gasteiger partial charge < -0.3 is 15.7 Å². The van der Waals surface area contributed by atoms with E-state index in [0.717, 1.165) is 12.8 Å². The van der Waals surface area contributed by atoms with Gasteiger partial charge in [-0.3, -0.25) is 9.59 Å². The molecule has 3 N–H and O–H groups in total. The smallest absolute Gasteiger partial charge is 0.323 e. The van der Waals surface area contributed by atoms with Gasteiger partial charge in [0, 0.05) is 13.0 Å². The van der Waals surface area contributed by atoms with E-state index >= 15 is 0 Å². The van der Waals surface area contributed by atoms with Crippen molar-refractivity contribution in [2.45, 2.75) is 33.1 Å². The van der Waals surface area contributed by atoms with E-state index in [1.165, 1.54) is 4.90 Å². The number of rotatable bonds is 8. The molecule has 0 aliphatic carbocycles. The molecule has 0 aliphatic heterocycles. The van der Waals surface area contributed by atoms with Gasteiger partial charge in [-0.15, -0.1) is 0 Å². The molecule has 0 radical (unpaired) electrons. The first-order valence-corrected chi connectivity index (χ1v) is 5.74. The minimum atomic E-state index is -0.970. The lowest BCUT2D eigenvalue weighted by atomic mass is 10.0. The molecule has 1 amide bonds. The monoisotopic (exact) mass is 230 g/mol. The van der Waals surface area contributed by atoms with E-state index in [-0.39, 0.29) is 18.4 Å². The van der Waals surface area contributed by atoms with E-state index in [2.05, 4.69) is 0 Å². The van der Waals surface area contributed by atoms with E-state index in [1.54, 1.807) is 0 Å². The van der Waals surface area contributed by atoms with Crippen molar-refractivity contribution >= 4 is 11.9 Å². The zero-order valence-corrected chi connectivity index (χ0v) is 10.1. The van der Waals surface area contributed by atoms with Crippen LogP contribution < -0.4 is 5.73 Å². The number of amides is 1. The topological polar surface area (TPSA) is 83.6 Å². The highest BCUT2D eigenvalue weighted by Gasteiger charge is 2.18. The largest absolute Gasteiger partial charge is 0.480 e. The fourth-order valence-corrected chi connectivity index (χ4v) is 1.50. The Balaban J connectivity index is 4.30. The summed E-state index contributed by atoms with van der Waals surface area (Å²) in [6.07, 6.45) is 1.95. The normalized spacial score (nSPS) is 12.2. The number of carbonyl (C=O) groups is 2. The maximum Gasteiger partial charge on any atom is 0.323 e. The third kappa shape index (κ3) is 5.70. The second-order valence-electron chi connectivity index (χ2n) is 3.92. The molecule has 0 aromatic heterocycles. The molecule has 1 atom stereocenters. The Morgan fingerprint density at radius 1 is 1.38 bits per heavy atom. The summed E-state index contributed by atoms with van der Waals surface area (Å²) in [6.45, 7) is 4.64. The second kappa shape index (κ2) is 8.10. The number of hydrogen-bond donors (Lipinski definition) is 2. The minimum absolute atomic E-state index is 0.110. The lowest BCUT2D eigenvalue weighted by molar-refractivity contribution is -0.144. The molecule has 0 rings (SSSR count). The Morgan fingerprint density at radius 3 is 2.38 bits per heavy atom. The zero-order chi connectivity index (χ0) is 12.6. The van der Waals surface area contributed by atoms with Crippen LogP contribution in [0.15, 0.2) is 0 Å². The molecule has 0 fully saturated rings.